The summed E-state index contributed by atoms with van der Waals surface area (Å²) >= 11 is 0. The van der Waals surface area contributed by atoms with Crippen molar-refractivity contribution in [3.8, 4) is 0 Å². The van der Waals surface area contributed by atoms with Gasteiger partial charge in [-0.3, -0.25) is 4.90 Å². The third-order valence-corrected chi connectivity index (χ3v) is 4.50. The molecule has 1 aliphatic heterocycles. The molecule has 0 aromatic heterocycles. The quantitative estimate of drug-likeness (QED) is 0.911. The first-order chi connectivity index (χ1) is 9.91. The van der Waals surface area contributed by atoms with Crippen molar-refractivity contribution < 1.29 is 22.5 Å². The third kappa shape index (κ3) is 4.18. The summed E-state index contributed by atoms with van der Waals surface area (Å²) in [6.45, 7) is 3.52. The highest BCUT2D eigenvalue weighted by atomic mass is 32.2. The number of hydrogen-bond donors (Lipinski definition) is 1. The lowest BCUT2D eigenvalue weighted by molar-refractivity contribution is -0.0384. The van der Waals surface area contributed by atoms with Crippen molar-refractivity contribution in [3.63, 3.8) is 0 Å². The van der Waals surface area contributed by atoms with Crippen LogP contribution in [0.5, 0.6) is 0 Å². The molecule has 0 spiro atoms. The highest BCUT2D eigenvalue weighted by molar-refractivity contribution is 7.86. The van der Waals surface area contributed by atoms with Crippen molar-refractivity contribution in [2.75, 3.05) is 44.2 Å². The Kier molecular flexibility index (Phi) is 5.23. The molecule has 0 aliphatic carbocycles. The lowest BCUT2D eigenvalue weighted by Crippen LogP contribution is -2.47. The fourth-order valence-corrected chi connectivity index (χ4v) is 3.00. The molecule has 1 fully saturated rings. The highest BCUT2D eigenvalue weighted by Gasteiger charge is 2.38. The van der Waals surface area contributed by atoms with E-state index in [1.54, 1.807) is 6.07 Å². The van der Waals surface area contributed by atoms with Gasteiger partial charge in [-0.15, -0.1) is 0 Å². The first-order valence-electron chi connectivity index (χ1n) is 6.58. The van der Waals surface area contributed by atoms with Gasteiger partial charge in [0.05, 0.1) is 6.61 Å². The Morgan fingerprint density at radius 1 is 1.19 bits per heavy atom. The van der Waals surface area contributed by atoms with Gasteiger partial charge in [0.25, 0.3) is 0 Å². The summed E-state index contributed by atoms with van der Waals surface area (Å²) in [4.78, 5) is 3.83. The summed E-state index contributed by atoms with van der Waals surface area (Å²) in [6.07, 6.45) is 0. The number of benzene rings is 1. The Labute approximate surface area is 123 Å². The molecule has 8 heteroatoms. The Morgan fingerprint density at radius 3 is 2.43 bits per heavy atom. The summed E-state index contributed by atoms with van der Waals surface area (Å²) in [5, 5.41) is 8.88. The molecule has 21 heavy (non-hydrogen) atoms. The maximum Gasteiger partial charge on any atom is 0.475 e. The van der Waals surface area contributed by atoms with E-state index in [2.05, 4.69) is 4.90 Å². The van der Waals surface area contributed by atoms with Crippen molar-refractivity contribution in [1.82, 2.24) is 4.90 Å². The molecule has 1 heterocycles. The SMILES string of the molecule is O=S(c1cccc(N2CCN(CCO)CC2)c1)C(F)(F)F. The molecule has 0 radical (unpaired) electrons. The predicted molar refractivity (Wildman–Crippen MR) is 74.6 cm³/mol. The van der Waals surface area contributed by atoms with E-state index >= 15 is 0 Å². The van der Waals surface area contributed by atoms with Crippen molar-refractivity contribution in [2.24, 2.45) is 0 Å². The largest absolute Gasteiger partial charge is 0.475 e. The van der Waals surface area contributed by atoms with E-state index in [1.165, 1.54) is 18.2 Å². The molecule has 0 amide bonds. The average molecular weight is 322 g/mol. The number of β-amino-alcohol motifs (C(OH)–C–C–N with tert-alkyl or cyclic N) is 1. The van der Waals surface area contributed by atoms with E-state index < -0.39 is 16.3 Å². The van der Waals surface area contributed by atoms with Gasteiger partial charge in [-0.05, 0) is 18.2 Å². The van der Waals surface area contributed by atoms with Gasteiger partial charge >= 0.3 is 5.51 Å². The Morgan fingerprint density at radius 2 is 1.86 bits per heavy atom. The highest BCUT2D eigenvalue weighted by Crippen LogP contribution is 2.28. The van der Waals surface area contributed by atoms with Crippen molar-refractivity contribution in [1.29, 1.82) is 0 Å². The molecular weight excluding hydrogens is 305 g/mol. The lowest BCUT2D eigenvalue weighted by Gasteiger charge is -2.35. The van der Waals surface area contributed by atoms with Crippen LogP contribution in [0.4, 0.5) is 18.9 Å². The fraction of sp³-hybridized carbons (Fsp3) is 0.538. The summed E-state index contributed by atoms with van der Waals surface area (Å²) in [5.41, 5.74) is -4.09. The molecule has 0 saturated carbocycles. The molecule has 118 valence electrons. The van der Waals surface area contributed by atoms with Crippen LogP contribution in [0.25, 0.3) is 0 Å². The molecule has 2 rings (SSSR count). The van der Waals surface area contributed by atoms with E-state index in [4.69, 9.17) is 5.11 Å². The van der Waals surface area contributed by atoms with E-state index in [9.17, 15) is 17.4 Å². The van der Waals surface area contributed by atoms with Gasteiger partial charge in [0, 0.05) is 43.3 Å². The van der Waals surface area contributed by atoms with Gasteiger partial charge in [0.15, 0.2) is 10.8 Å². The number of anilines is 1. The Hall–Kier alpha value is -1.12. The van der Waals surface area contributed by atoms with E-state index in [-0.39, 0.29) is 11.5 Å². The number of piperazine rings is 1. The number of aliphatic hydroxyl groups is 1. The summed E-state index contributed by atoms with van der Waals surface area (Å²) in [5.74, 6) is 0. The van der Waals surface area contributed by atoms with Gasteiger partial charge < -0.3 is 10.0 Å². The van der Waals surface area contributed by atoms with Gasteiger partial charge in [0.2, 0.25) is 0 Å². The van der Waals surface area contributed by atoms with Crippen LogP contribution in [0.2, 0.25) is 0 Å². The van der Waals surface area contributed by atoms with Crippen LogP contribution in [0.3, 0.4) is 0 Å². The van der Waals surface area contributed by atoms with Crippen molar-refractivity contribution >= 4 is 16.5 Å². The molecule has 1 saturated heterocycles. The number of alkyl halides is 3. The van der Waals surface area contributed by atoms with Crippen molar-refractivity contribution in [3.05, 3.63) is 24.3 Å². The number of aliphatic hydroxyl groups excluding tert-OH is 1. The van der Waals surface area contributed by atoms with Gasteiger partial charge in [-0.1, -0.05) is 6.07 Å². The second kappa shape index (κ2) is 6.76. The van der Waals surface area contributed by atoms with Crippen LogP contribution in [0.15, 0.2) is 29.2 Å². The number of halogens is 3. The predicted octanol–water partition coefficient (Wildman–Crippen LogP) is 1.43. The number of hydrogen-bond acceptors (Lipinski definition) is 4. The minimum Gasteiger partial charge on any atom is -0.395 e. The molecule has 1 N–H and O–H groups in total. The molecule has 1 unspecified atom stereocenters. The third-order valence-electron chi connectivity index (χ3n) is 3.40. The molecular formula is C13H17F3N2O2S. The lowest BCUT2D eigenvalue weighted by atomic mass is 10.2. The second-order valence-corrected chi connectivity index (χ2v) is 6.24. The standard InChI is InChI=1S/C13H17F3N2O2S/c14-13(15,16)21(20)12-3-1-2-11(10-12)18-6-4-17(5-7-18)8-9-19/h1-3,10,19H,4-9H2. The van der Waals surface area contributed by atoms with Crippen LogP contribution in [0.1, 0.15) is 0 Å². The van der Waals surface area contributed by atoms with Gasteiger partial charge in [-0.25, -0.2) is 4.21 Å². The van der Waals surface area contributed by atoms with Crippen LogP contribution in [-0.4, -0.2) is 59.1 Å². The zero-order chi connectivity index (χ0) is 15.5. The summed E-state index contributed by atoms with van der Waals surface area (Å²) in [6, 6.07) is 5.79. The molecule has 1 aromatic rings. The molecule has 1 atom stereocenters. The maximum absolute atomic E-state index is 12.5. The molecule has 1 aromatic carbocycles. The fourth-order valence-electron chi connectivity index (χ4n) is 2.30. The smallest absolute Gasteiger partial charge is 0.395 e. The van der Waals surface area contributed by atoms with Crippen LogP contribution in [0, 0.1) is 0 Å². The zero-order valence-corrected chi connectivity index (χ0v) is 12.2. The monoisotopic (exact) mass is 322 g/mol. The molecule has 4 nitrogen and oxygen atoms in total. The first-order valence-corrected chi connectivity index (χ1v) is 7.73. The number of nitrogens with zero attached hydrogens (tertiary/aromatic N) is 2. The Bertz CT molecular complexity index is 502. The molecule has 1 aliphatic rings. The van der Waals surface area contributed by atoms with E-state index in [1.807, 2.05) is 4.90 Å². The van der Waals surface area contributed by atoms with E-state index in [0.29, 0.717) is 25.3 Å². The Balaban J connectivity index is 2.07. The van der Waals surface area contributed by atoms with Crippen LogP contribution in [-0.2, 0) is 10.8 Å². The summed E-state index contributed by atoms with van der Waals surface area (Å²) < 4.78 is 48.9. The normalized spacial score (nSPS) is 18.8. The van der Waals surface area contributed by atoms with Gasteiger partial charge in [0.1, 0.15) is 0 Å². The second-order valence-electron chi connectivity index (χ2n) is 4.76. The maximum atomic E-state index is 12.5. The minimum absolute atomic E-state index is 0.0973. The first kappa shape index (κ1) is 16.3. The van der Waals surface area contributed by atoms with E-state index in [0.717, 1.165) is 13.1 Å². The van der Waals surface area contributed by atoms with Gasteiger partial charge in [-0.2, -0.15) is 13.2 Å². The zero-order valence-electron chi connectivity index (χ0n) is 11.3. The average Bonchev–Trinajstić information content (AvgIpc) is 2.47. The van der Waals surface area contributed by atoms with Crippen molar-refractivity contribution in [2.45, 2.75) is 10.4 Å². The summed E-state index contributed by atoms with van der Waals surface area (Å²) in [7, 11) is -3.00. The minimum atomic E-state index is -4.74. The molecule has 0 bridgehead atoms. The van der Waals surface area contributed by atoms with Crippen LogP contribution >= 0.6 is 0 Å². The topological polar surface area (TPSA) is 43.8 Å². The number of rotatable bonds is 4. The van der Waals surface area contributed by atoms with Crippen LogP contribution < -0.4 is 4.90 Å².